The highest BCUT2D eigenvalue weighted by Crippen LogP contribution is 2.55. The van der Waals surface area contributed by atoms with Crippen molar-refractivity contribution in [2.24, 2.45) is 5.41 Å². The Hall–Kier alpha value is -0.610. The molecule has 0 aromatic heterocycles. The van der Waals surface area contributed by atoms with Crippen molar-refractivity contribution in [1.29, 1.82) is 0 Å². The minimum absolute atomic E-state index is 0.231. The summed E-state index contributed by atoms with van der Waals surface area (Å²) in [6, 6.07) is 0. The van der Waals surface area contributed by atoms with Crippen LogP contribution in [0.5, 0.6) is 0 Å². The molecule has 4 heteroatoms. The highest BCUT2D eigenvalue weighted by atomic mass is 16.5. The molecular formula is C12H20O4. The fourth-order valence-electron chi connectivity index (χ4n) is 3.01. The van der Waals surface area contributed by atoms with Crippen molar-refractivity contribution in [2.75, 3.05) is 13.7 Å². The van der Waals surface area contributed by atoms with Crippen LogP contribution in [0.3, 0.4) is 0 Å². The first-order valence-electron chi connectivity index (χ1n) is 5.80. The number of carbonyl (C=O) groups excluding carboxylic acids is 1. The minimum atomic E-state index is -1.05. The molecule has 0 amide bonds. The predicted octanol–water partition coefficient (Wildman–Crippen LogP) is 1.26. The van der Waals surface area contributed by atoms with Crippen LogP contribution in [0, 0.1) is 5.41 Å². The lowest BCUT2D eigenvalue weighted by Crippen LogP contribution is -2.58. The van der Waals surface area contributed by atoms with Crippen molar-refractivity contribution < 1.29 is 19.4 Å². The highest BCUT2D eigenvalue weighted by molar-refractivity contribution is 5.79. The van der Waals surface area contributed by atoms with E-state index in [0.717, 1.165) is 6.42 Å². The summed E-state index contributed by atoms with van der Waals surface area (Å²) in [5, 5.41) is 10.7. The van der Waals surface area contributed by atoms with Crippen LogP contribution in [-0.2, 0) is 14.3 Å². The third-order valence-electron chi connectivity index (χ3n) is 4.09. The fourth-order valence-corrected chi connectivity index (χ4v) is 3.01. The van der Waals surface area contributed by atoms with Crippen molar-refractivity contribution >= 4 is 5.97 Å². The zero-order chi connectivity index (χ0) is 12.0. The van der Waals surface area contributed by atoms with Gasteiger partial charge in [0.15, 0.2) is 0 Å². The third-order valence-corrected chi connectivity index (χ3v) is 4.09. The van der Waals surface area contributed by atoms with E-state index in [1.54, 1.807) is 0 Å². The highest BCUT2D eigenvalue weighted by Gasteiger charge is 2.64. The number of ether oxygens (including phenoxy) is 2. The van der Waals surface area contributed by atoms with E-state index in [2.05, 4.69) is 0 Å². The zero-order valence-electron chi connectivity index (χ0n) is 10.2. The molecule has 1 unspecified atom stereocenters. The molecule has 16 heavy (non-hydrogen) atoms. The molecule has 4 nitrogen and oxygen atoms in total. The van der Waals surface area contributed by atoms with E-state index >= 15 is 0 Å². The molecule has 0 spiro atoms. The van der Waals surface area contributed by atoms with E-state index in [0.29, 0.717) is 19.3 Å². The molecule has 1 aliphatic heterocycles. The Kier molecular flexibility index (Phi) is 2.55. The van der Waals surface area contributed by atoms with Gasteiger partial charge in [0, 0.05) is 6.42 Å². The lowest BCUT2D eigenvalue weighted by atomic mass is 9.57. The SMILES string of the molecule is COC(=O)C1(C2(O)COC(C)(C)C2)CCC1. The molecule has 0 bridgehead atoms. The standard InChI is InChI=1S/C12H20O4/c1-10(2)7-12(14,8-16-10)11(5-4-6-11)9(13)15-3/h14H,4-8H2,1-3H3. The average molecular weight is 228 g/mol. The first kappa shape index (κ1) is 11.9. The van der Waals surface area contributed by atoms with Crippen LogP contribution in [-0.4, -0.2) is 36.0 Å². The second-order valence-corrected chi connectivity index (χ2v) is 5.68. The van der Waals surface area contributed by atoms with Gasteiger partial charge in [-0.25, -0.2) is 0 Å². The normalized spacial score (nSPS) is 35.5. The molecule has 2 fully saturated rings. The summed E-state index contributed by atoms with van der Waals surface area (Å²) in [4.78, 5) is 11.9. The molecule has 1 aliphatic carbocycles. The van der Waals surface area contributed by atoms with Gasteiger partial charge in [-0.15, -0.1) is 0 Å². The lowest BCUT2D eigenvalue weighted by molar-refractivity contribution is -0.187. The van der Waals surface area contributed by atoms with Gasteiger partial charge in [-0.1, -0.05) is 6.42 Å². The minimum Gasteiger partial charge on any atom is -0.469 e. The summed E-state index contributed by atoms with van der Waals surface area (Å²) in [6.45, 7) is 4.11. The van der Waals surface area contributed by atoms with Gasteiger partial charge in [0.25, 0.3) is 0 Å². The van der Waals surface area contributed by atoms with Crippen molar-refractivity contribution in [3.8, 4) is 0 Å². The molecule has 2 aliphatic rings. The molecule has 1 atom stereocenters. The summed E-state index contributed by atoms with van der Waals surface area (Å²) < 4.78 is 10.4. The first-order chi connectivity index (χ1) is 7.35. The van der Waals surface area contributed by atoms with E-state index in [-0.39, 0.29) is 18.2 Å². The largest absolute Gasteiger partial charge is 0.469 e. The maximum atomic E-state index is 11.9. The predicted molar refractivity (Wildman–Crippen MR) is 57.9 cm³/mol. The number of rotatable bonds is 2. The van der Waals surface area contributed by atoms with Crippen LogP contribution in [0.1, 0.15) is 39.5 Å². The molecular weight excluding hydrogens is 208 g/mol. The van der Waals surface area contributed by atoms with Crippen molar-refractivity contribution in [3.63, 3.8) is 0 Å². The second-order valence-electron chi connectivity index (χ2n) is 5.68. The van der Waals surface area contributed by atoms with Gasteiger partial charge in [0.1, 0.15) is 5.60 Å². The topological polar surface area (TPSA) is 55.8 Å². The lowest BCUT2D eigenvalue weighted by Gasteiger charge is -2.48. The second kappa shape index (κ2) is 3.44. The molecule has 92 valence electrons. The van der Waals surface area contributed by atoms with Crippen molar-refractivity contribution in [1.82, 2.24) is 0 Å². The summed E-state index contributed by atoms with van der Waals surface area (Å²) >= 11 is 0. The Morgan fingerprint density at radius 2 is 2.00 bits per heavy atom. The number of hydrogen-bond donors (Lipinski definition) is 1. The average Bonchev–Trinajstić information content (AvgIpc) is 2.39. The van der Waals surface area contributed by atoms with E-state index in [1.165, 1.54) is 7.11 Å². The van der Waals surface area contributed by atoms with Gasteiger partial charge in [-0.05, 0) is 26.7 Å². The van der Waals surface area contributed by atoms with Crippen LogP contribution >= 0.6 is 0 Å². The maximum Gasteiger partial charge on any atom is 0.314 e. The quantitative estimate of drug-likeness (QED) is 0.723. The Balaban J connectivity index is 2.25. The number of esters is 1. The van der Waals surface area contributed by atoms with Gasteiger partial charge >= 0.3 is 5.97 Å². The Morgan fingerprint density at radius 3 is 2.31 bits per heavy atom. The van der Waals surface area contributed by atoms with Gasteiger partial charge in [0.05, 0.1) is 24.7 Å². The van der Waals surface area contributed by atoms with E-state index < -0.39 is 11.0 Å². The number of carbonyl (C=O) groups is 1. The van der Waals surface area contributed by atoms with Crippen molar-refractivity contribution in [2.45, 2.75) is 50.7 Å². The van der Waals surface area contributed by atoms with Gasteiger partial charge in [-0.2, -0.15) is 0 Å². The maximum absolute atomic E-state index is 11.9. The van der Waals surface area contributed by atoms with Crippen LogP contribution in [0.25, 0.3) is 0 Å². The summed E-state index contributed by atoms with van der Waals surface area (Å²) in [5.41, 5.74) is -2.14. The van der Waals surface area contributed by atoms with E-state index in [4.69, 9.17) is 9.47 Å². The Morgan fingerprint density at radius 1 is 1.38 bits per heavy atom. The van der Waals surface area contributed by atoms with Gasteiger partial charge in [0.2, 0.25) is 0 Å². The first-order valence-corrected chi connectivity index (χ1v) is 5.80. The van der Waals surface area contributed by atoms with Gasteiger partial charge < -0.3 is 14.6 Å². The Bertz CT molecular complexity index is 306. The molecule has 2 rings (SSSR count). The molecule has 1 N–H and O–H groups in total. The number of hydrogen-bond acceptors (Lipinski definition) is 4. The fraction of sp³-hybridized carbons (Fsp3) is 0.917. The van der Waals surface area contributed by atoms with Crippen molar-refractivity contribution in [3.05, 3.63) is 0 Å². The molecule has 0 aromatic carbocycles. The smallest absolute Gasteiger partial charge is 0.314 e. The van der Waals surface area contributed by atoms with E-state index in [9.17, 15) is 9.90 Å². The number of methoxy groups -OCH3 is 1. The summed E-state index contributed by atoms with van der Waals surface area (Å²) in [5.74, 6) is -0.289. The van der Waals surface area contributed by atoms with Crippen LogP contribution in [0.4, 0.5) is 0 Å². The summed E-state index contributed by atoms with van der Waals surface area (Å²) in [7, 11) is 1.38. The molecule has 0 aromatic rings. The number of aliphatic hydroxyl groups is 1. The monoisotopic (exact) mass is 228 g/mol. The van der Waals surface area contributed by atoms with E-state index in [1.807, 2.05) is 13.8 Å². The summed E-state index contributed by atoms with van der Waals surface area (Å²) in [6.07, 6.45) is 2.87. The molecule has 0 radical (unpaired) electrons. The van der Waals surface area contributed by atoms with Crippen LogP contribution < -0.4 is 0 Å². The molecule has 1 heterocycles. The van der Waals surface area contributed by atoms with Crippen LogP contribution in [0.2, 0.25) is 0 Å². The Labute approximate surface area is 95.9 Å². The molecule has 1 saturated heterocycles. The van der Waals surface area contributed by atoms with Crippen LogP contribution in [0.15, 0.2) is 0 Å². The van der Waals surface area contributed by atoms with Gasteiger partial charge in [-0.3, -0.25) is 4.79 Å². The third kappa shape index (κ3) is 1.47. The molecule has 1 saturated carbocycles. The zero-order valence-corrected chi connectivity index (χ0v) is 10.2.